The van der Waals surface area contributed by atoms with Crippen molar-refractivity contribution in [1.29, 1.82) is 5.26 Å². The predicted molar refractivity (Wildman–Crippen MR) is 53.8 cm³/mol. The molecule has 0 aliphatic heterocycles. The first-order valence-corrected chi connectivity index (χ1v) is 4.55. The third kappa shape index (κ3) is 1.86. The van der Waals surface area contributed by atoms with Crippen molar-refractivity contribution in [2.45, 2.75) is 6.92 Å². The summed E-state index contributed by atoms with van der Waals surface area (Å²) < 4.78 is 13.9. The van der Waals surface area contributed by atoms with Gasteiger partial charge in [0.05, 0.1) is 5.56 Å². The SMILES string of the molecule is CC(=O)c1ccc(I)c(C#N)c1F. The third-order valence-corrected chi connectivity index (χ3v) is 2.48. The molecule has 0 N–H and O–H groups in total. The van der Waals surface area contributed by atoms with Crippen molar-refractivity contribution in [3.05, 3.63) is 32.6 Å². The molecule has 1 aromatic rings. The molecule has 0 heterocycles. The van der Waals surface area contributed by atoms with E-state index < -0.39 is 5.82 Å². The molecular formula is C9H5FINO. The van der Waals surface area contributed by atoms with Crippen LogP contribution in [0.3, 0.4) is 0 Å². The highest BCUT2D eigenvalue weighted by Gasteiger charge is 2.13. The van der Waals surface area contributed by atoms with E-state index in [2.05, 4.69) is 0 Å². The lowest BCUT2D eigenvalue weighted by molar-refractivity contribution is 0.101. The lowest BCUT2D eigenvalue weighted by Gasteiger charge is -2.01. The zero-order valence-electron chi connectivity index (χ0n) is 6.77. The molecule has 0 radical (unpaired) electrons. The summed E-state index contributed by atoms with van der Waals surface area (Å²) in [7, 11) is 0. The fourth-order valence-corrected chi connectivity index (χ4v) is 1.46. The summed E-state index contributed by atoms with van der Waals surface area (Å²) in [5.41, 5.74) is -0.0923. The normalized spacial score (nSPS) is 9.38. The van der Waals surface area contributed by atoms with Crippen molar-refractivity contribution in [1.82, 2.24) is 0 Å². The molecule has 0 bridgehead atoms. The van der Waals surface area contributed by atoms with Gasteiger partial charge in [0.15, 0.2) is 11.6 Å². The number of halogens is 2. The van der Waals surface area contributed by atoms with E-state index in [-0.39, 0.29) is 16.9 Å². The Morgan fingerprint density at radius 2 is 2.23 bits per heavy atom. The average Bonchev–Trinajstić information content (AvgIpc) is 2.04. The van der Waals surface area contributed by atoms with E-state index in [1.807, 2.05) is 22.6 Å². The Labute approximate surface area is 88.5 Å². The van der Waals surface area contributed by atoms with E-state index in [0.717, 1.165) is 0 Å². The molecule has 0 saturated heterocycles. The average molecular weight is 289 g/mol. The summed E-state index contributed by atoms with van der Waals surface area (Å²) in [6.45, 7) is 1.27. The topological polar surface area (TPSA) is 40.9 Å². The summed E-state index contributed by atoms with van der Waals surface area (Å²) in [5, 5.41) is 8.60. The van der Waals surface area contributed by atoms with E-state index >= 15 is 0 Å². The minimum atomic E-state index is -0.720. The predicted octanol–water partition coefficient (Wildman–Crippen LogP) is 2.50. The van der Waals surface area contributed by atoms with Crippen LogP contribution in [-0.2, 0) is 0 Å². The van der Waals surface area contributed by atoms with Crippen molar-refractivity contribution >= 4 is 28.4 Å². The molecular weight excluding hydrogens is 284 g/mol. The molecule has 0 aromatic heterocycles. The Kier molecular flexibility index (Phi) is 2.98. The second kappa shape index (κ2) is 3.83. The van der Waals surface area contributed by atoms with Crippen LogP contribution in [-0.4, -0.2) is 5.78 Å². The van der Waals surface area contributed by atoms with Crippen LogP contribution in [0.4, 0.5) is 4.39 Å². The first-order chi connectivity index (χ1) is 6.07. The van der Waals surface area contributed by atoms with Gasteiger partial charge in [-0.2, -0.15) is 5.26 Å². The minimum absolute atomic E-state index is 0.0306. The van der Waals surface area contributed by atoms with Gasteiger partial charge >= 0.3 is 0 Å². The number of rotatable bonds is 1. The van der Waals surface area contributed by atoms with Gasteiger partial charge in [-0.05, 0) is 41.6 Å². The molecule has 0 atom stereocenters. The molecule has 13 heavy (non-hydrogen) atoms. The lowest BCUT2D eigenvalue weighted by atomic mass is 10.1. The maximum Gasteiger partial charge on any atom is 0.162 e. The van der Waals surface area contributed by atoms with Crippen LogP contribution in [0.1, 0.15) is 22.8 Å². The second-order valence-corrected chi connectivity index (χ2v) is 3.61. The van der Waals surface area contributed by atoms with Gasteiger partial charge in [-0.3, -0.25) is 4.79 Å². The number of nitrogens with zero attached hydrogens (tertiary/aromatic N) is 1. The summed E-state index contributed by atoms with van der Waals surface area (Å²) in [4.78, 5) is 10.9. The number of Topliss-reactive ketones (excluding diaryl/α,β-unsaturated/α-hetero) is 1. The Morgan fingerprint density at radius 3 is 2.69 bits per heavy atom. The fourth-order valence-electron chi connectivity index (χ4n) is 0.927. The van der Waals surface area contributed by atoms with Crippen LogP contribution in [0.15, 0.2) is 12.1 Å². The highest BCUT2D eigenvalue weighted by molar-refractivity contribution is 14.1. The molecule has 0 aliphatic carbocycles. The molecule has 4 heteroatoms. The van der Waals surface area contributed by atoms with E-state index in [4.69, 9.17) is 5.26 Å². The van der Waals surface area contributed by atoms with Crippen molar-refractivity contribution in [3.8, 4) is 6.07 Å². The lowest BCUT2D eigenvalue weighted by Crippen LogP contribution is -2.01. The first-order valence-electron chi connectivity index (χ1n) is 3.47. The Morgan fingerprint density at radius 1 is 1.62 bits per heavy atom. The number of hydrogen-bond acceptors (Lipinski definition) is 2. The fraction of sp³-hybridized carbons (Fsp3) is 0.111. The molecule has 0 aliphatic rings. The number of hydrogen-bond donors (Lipinski definition) is 0. The molecule has 0 spiro atoms. The molecule has 0 saturated carbocycles. The quantitative estimate of drug-likeness (QED) is 0.588. The van der Waals surface area contributed by atoms with Crippen LogP contribution < -0.4 is 0 Å². The van der Waals surface area contributed by atoms with E-state index in [0.29, 0.717) is 3.57 Å². The van der Waals surface area contributed by atoms with Gasteiger partial charge in [0.1, 0.15) is 11.6 Å². The molecule has 66 valence electrons. The highest BCUT2D eigenvalue weighted by atomic mass is 127. The highest BCUT2D eigenvalue weighted by Crippen LogP contribution is 2.18. The molecule has 1 aromatic carbocycles. The Balaban J connectivity index is 3.47. The minimum Gasteiger partial charge on any atom is -0.294 e. The van der Waals surface area contributed by atoms with Crippen molar-refractivity contribution < 1.29 is 9.18 Å². The largest absolute Gasteiger partial charge is 0.294 e. The van der Waals surface area contributed by atoms with Crippen LogP contribution in [0, 0.1) is 20.7 Å². The summed E-state index contributed by atoms with van der Waals surface area (Å²) in [5.74, 6) is -1.09. The Hall–Kier alpha value is -0.960. The van der Waals surface area contributed by atoms with Crippen molar-refractivity contribution in [2.75, 3.05) is 0 Å². The molecule has 0 fully saturated rings. The van der Waals surface area contributed by atoms with E-state index in [1.54, 1.807) is 12.1 Å². The van der Waals surface area contributed by atoms with Gasteiger partial charge in [-0.25, -0.2) is 4.39 Å². The first kappa shape index (κ1) is 10.1. The number of benzene rings is 1. The molecule has 0 unspecified atom stereocenters. The van der Waals surface area contributed by atoms with Crippen molar-refractivity contribution in [3.63, 3.8) is 0 Å². The smallest absolute Gasteiger partial charge is 0.162 e. The van der Waals surface area contributed by atoms with Crippen LogP contribution in [0.2, 0.25) is 0 Å². The van der Waals surface area contributed by atoms with Gasteiger partial charge < -0.3 is 0 Å². The summed E-state index contributed by atoms with van der Waals surface area (Å²) >= 11 is 1.85. The van der Waals surface area contributed by atoms with Gasteiger partial charge in [0.2, 0.25) is 0 Å². The zero-order valence-corrected chi connectivity index (χ0v) is 8.92. The van der Waals surface area contributed by atoms with Crippen LogP contribution in [0.25, 0.3) is 0 Å². The monoisotopic (exact) mass is 289 g/mol. The number of ketones is 1. The third-order valence-electron chi connectivity index (χ3n) is 1.58. The van der Waals surface area contributed by atoms with Crippen molar-refractivity contribution in [2.24, 2.45) is 0 Å². The summed E-state index contributed by atoms with van der Waals surface area (Å²) in [6, 6.07) is 4.67. The summed E-state index contributed by atoms with van der Waals surface area (Å²) in [6.07, 6.45) is 0. The Bertz CT molecular complexity index is 409. The molecule has 1 rings (SSSR count). The van der Waals surface area contributed by atoms with Gasteiger partial charge in [0, 0.05) is 3.57 Å². The van der Waals surface area contributed by atoms with Gasteiger partial charge in [-0.15, -0.1) is 0 Å². The van der Waals surface area contributed by atoms with Gasteiger partial charge in [-0.1, -0.05) is 0 Å². The molecule has 0 amide bonds. The van der Waals surface area contributed by atoms with Crippen LogP contribution in [0.5, 0.6) is 0 Å². The number of nitriles is 1. The maximum absolute atomic E-state index is 13.3. The second-order valence-electron chi connectivity index (χ2n) is 2.45. The zero-order chi connectivity index (χ0) is 10.0. The van der Waals surface area contributed by atoms with E-state index in [9.17, 15) is 9.18 Å². The number of carbonyl (C=O) groups is 1. The maximum atomic E-state index is 13.3. The standard InChI is InChI=1S/C9H5FINO/c1-5(13)6-2-3-8(11)7(4-12)9(6)10/h2-3H,1H3. The van der Waals surface area contributed by atoms with E-state index in [1.165, 1.54) is 13.0 Å². The molecule has 2 nitrogen and oxygen atoms in total. The van der Waals surface area contributed by atoms with Gasteiger partial charge in [0.25, 0.3) is 0 Å². The number of carbonyl (C=O) groups excluding carboxylic acids is 1. The van der Waals surface area contributed by atoms with Crippen LogP contribution >= 0.6 is 22.6 Å².